The van der Waals surface area contributed by atoms with Gasteiger partial charge in [-0.2, -0.15) is 0 Å². The fourth-order valence-corrected chi connectivity index (χ4v) is 22.3. The molecule has 0 aliphatic heterocycles. The molecule has 0 spiro atoms. The molecule has 92 heavy (non-hydrogen) atoms. The van der Waals surface area contributed by atoms with Gasteiger partial charge in [-0.1, -0.05) is 204 Å². The quantitative estimate of drug-likeness (QED) is 0.0642. The van der Waals surface area contributed by atoms with Gasteiger partial charge in [0.1, 0.15) is 12.2 Å². The Bertz CT molecular complexity index is 3300. The van der Waals surface area contributed by atoms with Gasteiger partial charge in [0, 0.05) is 61.9 Å². The summed E-state index contributed by atoms with van der Waals surface area (Å²) in [5.74, 6) is 9.81. The van der Waals surface area contributed by atoms with Gasteiger partial charge >= 0.3 is 12.2 Å². The van der Waals surface area contributed by atoms with Crippen molar-refractivity contribution in [3.05, 3.63) is 119 Å². The lowest BCUT2D eigenvalue weighted by molar-refractivity contribution is -0.0592. The maximum absolute atomic E-state index is 13.8. The third-order valence-corrected chi connectivity index (χ3v) is 27.5. The maximum atomic E-state index is 13.8. The molecule has 8 nitrogen and oxygen atoms in total. The lowest BCUT2D eigenvalue weighted by Gasteiger charge is -2.58. The molecule has 8 aliphatic rings. The van der Waals surface area contributed by atoms with E-state index in [2.05, 4.69) is 166 Å². The topological polar surface area (TPSA) is 84.9 Å². The highest BCUT2D eigenvalue weighted by molar-refractivity contribution is 6.04. The molecule has 5 aromatic rings. The molecule has 0 bridgehead atoms. The fourth-order valence-electron chi connectivity index (χ4n) is 22.3. The standard InChI is InChI=1S/C84H114N4O4/c1-53(2)15-13-17-55(5)69-35-37-71-67-33-31-63-49-65(41-45-81(63,7)73(67)43-47-83(69,71)9)91-79(89)87(11)51-57-19-23-59(24-20-57)75-39-29-61-27-28-62-30-40-76(86-78(62)77(61)85-75)60-25-21-58(22-26-60)52-88(12)80(90)92-66-42-46-82(8)64(50-66)32-34-68-72-38-36-70(56(6)18-14-16-54(3)4)84(72,10)48-44-74(68)82/h19-32,39-40,53-56,65-74H,13-18,33-38,41-52H2,1-12H3/t55-,56-,65+,66+,67+,68+,69-,70-,71+,72+,73+,74+,81+,82+,83-,84-/m1/s1. The lowest BCUT2D eigenvalue weighted by atomic mass is 9.47. The second-order valence-electron chi connectivity index (χ2n) is 33.8. The Morgan fingerprint density at radius 1 is 0.478 bits per heavy atom. The van der Waals surface area contributed by atoms with Crippen molar-refractivity contribution >= 4 is 34.0 Å². The second-order valence-corrected chi connectivity index (χ2v) is 33.8. The van der Waals surface area contributed by atoms with Gasteiger partial charge in [0.25, 0.3) is 0 Å². The second kappa shape index (κ2) is 26.3. The zero-order valence-corrected chi connectivity index (χ0v) is 58.7. The van der Waals surface area contributed by atoms with E-state index in [-0.39, 0.29) is 35.2 Å². The Morgan fingerprint density at radius 2 is 0.870 bits per heavy atom. The van der Waals surface area contributed by atoms with E-state index in [1.165, 1.54) is 103 Å². The van der Waals surface area contributed by atoms with Crippen LogP contribution in [0.1, 0.15) is 222 Å². The van der Waals surface area contributed by atoms with Gasteiger partial charge in [-0.05, 0) is 206 Å². The minimum Gasteiger partial charge on any atom is -0.446 e. The molecule has 2 aromatic heterocycles. The molecule has 16 atom stereocenters. The summed E-state index contributed by atoms with van der Waals surface area (Å²) in [4.78, 5) is 41.5. The van der Waals surface area contributed by atoms with Gasteiger partial charge in [0.2, 0.25) is 0 Å². The Kier molecular flexibility index (Phi) is 18.6. The predicted octanol–water partition coefficient (Wildman–Crippen LogP) is 22.1. The van der Waals surface area contributed by atoms with E-state index in [4.69, 9.17) is 19.4 Å². The number of ether oxygens (including phenoxy) is 2. The molecular weight excluding hydrogens is 1130 g/mol. The van der Waals surface area contributed by atoms with Crippen molar-refractivity contribution in [2.45, 2.75) is 236 Å². The summed E-state index contributed by atoms with van der Waals surface area (Å²) in [6.07, 6.45) is 32.3. The predicted molar refractivity (Wildman–Crippen MR) is 377 cm³/mol. The summed E-state index contributed by atoms with van der Waals surface area (Å²) in [6.45, 7) is 26.1. The highest BCUT2D eigenvalue weighted by atomic mass is 16.6. The minimum absolute atomic E-state index is 0.0724. The number of fused-ring (bicyclic) bond motifs is 13. The Labute approximate surface area is 554 Å². The summed E-state index contributed by atoms with van der Waals surface area (Å²) in [7, 11) is 3.73. The number of benzene rings is 3. The van der Waals surface area contributed by atoms with E-state index in [1.54, 1.807) is 20.9 Å². The van der Waals surface area contributed by atoms with E-state index in [0.29, 0.717) is 23.9 Å². The van der Waals surface area contributed by atoms with Crippen molar-refractivity contribution in [3.63, 3.8) is 0 Å². The molecule has 0 saturated heterocycles. The van der Waals surface area contributed by atoms with Gasteiger partial charge < -0.3 is 19.3 Å². The van der Waals surface area contributed by atoms with Crippen LogP contribution in [0.25, 0.3) is 44.3 Å². The smallest absolute Gasteiger partial charge is 0.410 e. The van der Waals surface area contributed by atoms with Crippen molar-refractivity contribution in [1.82, 2.24) is 19.8 Å². The van der Waals surface area contributed by atoms with Crippen LogP contribution in [0, 0.1) is 92.7 Å². The Hall–Kier alpha value is -5.50. The molecule has 8 aliphatic carbocycles. The van der Waals surface area contributed by atoms with Gasteiger partial charge in [-0.3, -0.25) is 0 Å². The summed E-state index contributed by atoms with van der Waals surface area (Å²) >= 11 is 0. The summed E-state index contributed by atoms with van der Waals surface area (Å²) < 4.78 is 12.7. The molecule has 3 aromatic carbocycles. The Balaban J connectivity index is 0.591. The molecule has 2 heterocycles. The van der Waals surface area contributed by atoms with Gasteiger partial charge in [0.05, 0.1) is 22.4 Å². The molecule has 6 fully saturated rings. The number of amides is 2. The molecule has 2 amide bonds. The largest absolute Gasteiger partial charge is 0.446 e. The first kappa shape index (κ1) is 65.2. The average molecular weight is 1240 g/mol. The molecule has 0 unspecified atom stereocenters. The van der Waals surface area contributed by atoms with Crippen molar-refractivity contribution in [3.8, 4) is 22.5 Å². The van der Waals surface area contributed by atoms with Gasteiger partial charge in [-0.25, -0.2) is 19.6 Å². The molecule has 6 saturated carbocycles. The van der Waals surface area contributed by atoms with E-state index < -0.39 is 0 Å². The summed E-state index contributed by atoms with van der Waals surface area (Å²) in [5.41, 5.74) is 12.1. The molecule has 0 radical (unpaired) electrons. The number of carbonyl (C=O) groups excluding carboxylic acids is 2. The van der Waals surface area contributed by atoms with Crippen molar-refractivity contribution < 1.29 is 19.1 Å². The normalized spacial score (nSPS) is 32.9. The molecular formula is C84H114N4O4. The molecule has 8 heteroatoms. The first-order chi connectivity index (χ1) is 44.1. The zero-order chi connectivity index (χ0) is 64.4. The van der Waals surface area contributed by atoms with Crippen LogP contribution in [-0.2, 0) is 22.6 Å². The zero-order valence-electron chi connectivity index (χ0n) is 58.7. The van der Waals surface area contributed by atoms with E-state index in [0.717, 1.165) is 165 Å². The van der Waals surface area contributed by atoms with Crippen molar-refractivity contribution in [2.24, 2.45) is 92.7 Å². The SMILES string of the molecule is CC(C)CCC[C@@H](C)[C@H]1CC[C@H]2[C@@H]3CC=C4C[C@@H](OC(=O)N(C)Cc5ccc(-c6ccc7ccc8ccc(-c9ccc(CN(C)C(=O)O[C@H]%10CC[C@@]%11(C)C(=CC[C@H]%12[C@@H]%13CC[C@H]([C@H](C)CCCC(C)C)[C@@]%13(C)CC[C@@H]%12%11)C%10)cc9)nc8c7n6)cc5)CC[C@]4(C)[C@H]3CC[C@]12C. The fraction of sp³-hybridized carbons (Fsp3) is 0.643. The van der Waals surface area contributed by atoms with E-state index in [9.17, 15) is 9.59 Å². The lowest BCUT2D eigenvalue weighted by Crippen LogP contribution is -2.51. The van der Waals surface area contributed by atoms with E-state index >= 15 is 0 Å². The number of nitrogens with zero attached hydrogens (tertiary/aromatic N) is 4. The highest BCUT2D eigenvalue weighted by Crippen LogP contribution is 2.69. The number of allylic oxidation sites excluding steroid dienone is 2. The Morgan fingerprint density at radius 3 is 1.26 bits per heavy atom. The number of hydrogen-bond donors (Lipinski definition) is 0. The number of hydrogen-bond acceptors (Lipinski definition) is 6. The van der Waals surface area contributed by atoms with Crippen molar-refractivity contribution in [2.75, 3.05) is 14.1 Å². The molecule has 494 valence electrons. The average Bonchev–Trinajstić information content (AvgIpc) is 1.41. The number of pyridine rings is 2. The molecule has 13 rings (SSSR count). The van der Waals surface area contributed by atoms with Crippen LogP contribution < -0.4 is 0 Å². The first-order valence-electron chi connectivity index (χ1n) is 37.2. The first-order valence-corrected chi connectivity index (χ1v) is 37.2. The maximum Gasteiger partial charge on any atom is 0.410 e. The number of rotatable bonds is 18. The highest BCUT2D eigenvalue weighted by Gasteiger charge is 2.61. The van der Waals surface area contributed by atoms with Crippen LogP contribution in [0.4, 0.5) is 9.59 Å². The van der Waals surface area contributed by atoms with Crippen LogP contribution in [0.5, 0.6) is 0 Å². The number of aromatic nitrogens is 2. The van der Waals surface area contributed by atoms with Crippen LogP contribution >= 0.6 is 0 Å². The van der Waals surface area contributed by atoms with Gasteiger partial charge in [-0.15, -0.1) is 0 Å². The van der Waals surface area contributed by atoms with Crippen LogP contribution in [-0.4, -0.2) is 58.3 Å². The van der Waals surface area contributed by atoms with Crippen LogP contribution in [0.3, 0.4) is 0 Å². The summed E-state index contributed by atoms with van der Waals surface area (Å²) in [6, 6.07) is 29.6. The molecule has 0 N–H and O–H groups in total. The third kappa shape index (κ3) is 12.5. The van der Waals surface area contributed by atoms with E-state index in [1.807, 2.05) is 14.1 Å². The van der Waals surface area contributed by atoms with Crippen LogP contribution in [0.15, 0.2) is 108 Å². The third-order valence-electron chi connectivity index (χ3n) is 27.5. The minimum atomic E-state index is -0.238. The van der Waals surface area contributed by atoms with Crippen LogP contribution in [0.2, 0.25) is 0 Å². The van der Waals surface area contributed by atoms with Crippen molar-refractivity contribution in [1.29, 1.82) is 0 Å². The monoisotopic (exact) mass is 1240 g/mol. The van der Waals surface area contributed by atoms with Gasteiger partial charge in [0.15, 0.2) is 0 Å². The summed E-state index contributed by atoms with van der Waals surface area (Å²) in [5, 5.41) is 2.07. The number of carbonyl (C=O) groups is 2.